The van der Waals surface area contributed by atoms with Crippen LogP contribution in [0.15, 0.2) is 24.3 Å². The van der Waals surface area contributed by atoms with Crippen molar-refractivity contribution in [3.8, 4) is 0 Å². The molecular formula is C11H14ClN3O4S. The standard InChI is InChI=1S/C11H14N3O4S.ClH/c1-3-18-11(15)14(2)19(16,17)8-9-4-6-10(13-12)7-5-9;/h4-7H,3,8H2,1-2H3;1H/q+1;/p-1. The molecule has 1 aromatic carbocycles. The smallest absolute Gasteiger partial charge is 0.423 e. The molecule has 110 valence electrons. The average molecular weight is 320 g/mol. The largest absolute Gasteiger partial charge is 1.00 e. The van der Waals surface area contributed by atoms with Crippen molar-refractivity contribution >= 4 is 21.8 Å². The van der Waals surface area contributed by atoms with Crippen LogP contribution < -0.4 is 12.4 Å². The molecule has 1 rings (SSSR count). The van der Waals surface area contributed by atoms with E-state index in [1.807, 2.05) is 0 Å². The summed E-state index contributed by atoms with van der Waals surface area (Å²) in [6.07, 6.45) is -0.913. The molecule has 1 aromatic rings. The Bertz CT molecular complexity index is 595. The van der Waals surface area contributed by atoms with Crippen molar-refractivity contribution in [3.63, 3.8) is 0 Å². The van der Waals surface area contributed by atoms with E-state index in [1.54, 1.807) is 6.92 Å². The van der Waals surface area contributed by atoms with E-state index in [0.717, 1.165) is 7.05 Å². The molecule has 0 aliphatic rings. The molecule has 0 unspecified atom stereocenters. The molecule has 0 heterocycles. The Kier molecular flexibility index (Phi) is 6.96. The number of benzene rings is 1. The Labute approximate surface area is 123 Å². The van der Waals surface area contributed by atoms with Crippen molar-refractivity contribution in [1.82, 2.24) is 4.31 Å². The zero-order valence-electron chi connectivity index (χ0n) is 11.0. The van der Waals surface area contributed by atoms with E-state index in [-0.39, 0.29) is 24.8 Å². The van der Waals surface area contributed by atoms with Gasteiger partial charge in [-0.3, -0.25) is 0 Å². The molecule has 0 aliphatic carbocycles. The van der Waals surface area contributed by atoms with E-state index in [2.05, 4.69) is 9.71 Å². The number of halogens is 1. The molecule has 0 aromatic heterocycles. The summed E-state index contributed by atoms with van der Waals surface area (Å²) >= 11 is 0. The second-order valence-corrected chi connectivity index (χ2v) is 5.69. The molecule has 0 saturated carbocycles. The van der Waals surface area contributed by atoms with Gasteiger partial charge in [-0.25, -0.2) is 17.5 Å². The molecular weight excluding hydrogens is 306 g/mol. The Morgan fingerprint density at radius 2 is 1.90 bits per heavy atom. The molecule has 20 heavy (non-hydrogen) atoms. The zero-order valence-corrected chi connectivity index (χ0v) is 12.6. The first-order chi connectivity index (χ1) is 8.90. The topological polar surface area (TPSA) is 91.8 Å². The maximum atomic E-state index is 11.9. The predicted octanol–water partition coefficient (Wildman–Crippen LogP) is -0.907. The van der Waals surface area contributed by atoms with Crippen LogP contribution >= 0.6 is 0 Å². The van der Waals surface area contributed by atoms with E-state index in [4.69, 9.17) is 5.39 Å². The number of carbonyl (C=O) groups is 1. The lowest BCUT2D eigenvalue weighted by atomic mass is 10.2. The molecule has 0 N–H and O–H groups in total. The fourth-order valence-corrected chi connectivity index (χ4v) is 2.38. The van der Waals surface area contributed by atoms with Crippen LogP contribution in [0, 0.1) is 5.39 Å². The minimum Gasteiger partial charge on any atom is -1.00 e. The Morgan fingerprint density at radius 3 is 2.35 bits per heavy atom. The lowest BCUT2D eigenvalue weighted by Gasteiger charge is -2.16. The van der Waals surface area contributed by atoms with Crippen molar-refractivity contribution in [2.75, 3.05) is 13.7 Å². The summed E-state index contributed by atoms with van der Waals surface area (Å²) < 4.78 is 29.0. The summed E-state index contributed by atoms with van der Waals surface area (Å²) in [4.78, 5) is 14.3. The fraction of sp³-hybridized carbons (Fsp3) is 0.364. The summed E-state index contributed by atoms with van der Waals surface area (Å²) in [5.74, 6) is -0.339. The molecule has 7 nitrogen and oxygen atoms in total. The monoisotopic (exact) mass is 319 g/mol. The van der Waals surface area contributed by atoms with Gasteiger partial charge in [0.1, 0.15) is 0 Å². The van der Waals surface area contributed by atoms with Crippen LogP contribution in [0.4, 0.5) is 10.5 Å². The fourth-order valence-electron chi connectivity index (χ4n) is 1.29. The molecule has 9 heteroatoms. The van der Waals surface area contributed by atoms with Gasteiger partial charge in [0, 0.05) is 19.2 Å². The third kappa shape index (κ3) is 4.68. The first kappa shape index (κ1) is 18.1. The van der Waals surface area contributed by atoms with E-state index < -0.39 is 16.1 Å². The number of hydrogen-bond donors (Lipinski definition) is 0. The second-order valence-electron chi connectivity index (χ2n) is 3.69. The van der Waals surface area contributed by atoms with Gasteiger partial charge < -0.3 is 17.1 Å². The molecule has 0 atom stereocenters. The summed E-state index contributed by atoms with van der Waals surface area (Å²) in [5.41, 5.74) is 0.795. The maximum Gasteiger partial charge on any atom is 0.423 e. The number of carbonyl (C=O) groups excluding carboxylic acids is 1. The van der Waals surface area contributed by atoms with Gasteiger partial charge in [0.15, 0.2) is 4.98 Å². The number of nitrogens with zero attached hydrogens (tertiary/aromatic N) is 3. The summed E-state index contributed by atoms with van der Waals surface area (Å²) in [6.45, 7) is 1.70. The highest BCUT2D eigenvalue weighted by atomic mass is 35.5. The molecule has 0 spiro atoms. The number of diazo groups is 1. The third-order valence-electron chi connectivity index (χ3n) is 2.34. The van der Waals surface area contributed by atoms with Crippen molar-refractivity contribution in [3.05, 3.63) is 34.8 Å². The van der Waals surface area contributed by atoms with Crippen LogP contribution in [0.25, 0.3) is 4.98 Å². The van der Waals surface area contributed by atoms with Gasteiger partial charge in [0.25, 0.3) is 0 Å². The van der Waals surface area contributed by atoms with Gasteiger partial charge in [-0.1, -0.05) is 0 Å². The van der Waals surface area contributed by atoms with E-state index in [1.165, 1.54) is 24.3 Å². The van der Waals surface area contributed by atoms with Gasteiger partial charge >= 0.3 is 11.8 Å². The first-order valence-electron chi connectivity index (χ1n) is 5.48. The molecule has 0 fully saturated rings. The van der Waals surface area contributed by atoms with Crippen molar-refractivity contribution < 1.29 is 30.4 Å². The van der Waals surface area contributed by atoms with Crippen LogP contribution in [-0.4, -0.2) is 32.5 Å². The van der Waals surface area contributed by atoms with Gasteiger partial charge in [-0.15, -0.1) is 0 Å². The first-order valence-corrected chi connectivity index (χ1v) is 7.09. The minimum absolute atomic E-state index is 0. The Hall–Kier alpha value is -1.85. The molecule has 0 aliphatic heterocycles. The van der Waals surface area contributed by atoms with Gasteiger partial charge in [-0.2, -0.15) is 0 Å². The van der Waals surface area contributed by atoms with Gasteiger partial charge in [0.05, 0.1) is 12.4 Å². The summed E-state index contributed by atoms with van der Waals surface area (Å²) in [5, 5.41) is 8.52. The highest BCUT2D eigenvalue weighted by molar-refractivity contribution is 7.88. The number of hydrogen-bond acceptors (Lipinski definition) is 5. The van der Waals surface area contributed by atoms with E-state index in [9.17, 15) is 13.2 Å². The van der Waals surface area contributed by atoms with Crippen LogP contribution in [0.1, 0.15) is 12.5 Å². The van der Waals surface area contributed by atoms with Crippen molar-refractivity contribution in [2.45, 2.75) is 12.7 Å². The Morgan fingerprint density at radius 1 is 1.35 bits per heavy atom. The van der Waals surface area contributed by atoms with E-state index >= 15 is 0 Å². The lowest BCUT2D eigenvalue weighted by molar-refractivity contribution is -0.0000144. The number of sulfonamides is 1. The average Bonchev–Trinajstić information content (AvgIpc) is 2.38. The predicted molar refractivity (Wildman–Crippen MR) is 68.6 cm³/mol. The molecule has 0 bridgehead atoms. The normalized spacial score (nSPS) is 10.1. The highest BCUT2D eigenvalue weighted by Gasteiger charge is 2.24. The Balaban J connectivity index is 0.00000361. The highest BCUT2D eigenvalue weighted by Crippen LogP contribution is 2.16. The number of amides is 1. The number of rotatable bonds is 4. The zero-order chi connectivity index (χ0) is 14.5. The minimum atomic E-state index is -3.79. The quantitative estimate of drug-likeness (QED) is 0.670. The number of ether oxygens (including phenoxy) is 1. The maximum absolute atomic E-state index is 11.9. The molecule has 1 amide bonds. The third-order valence-corrected chi connectivity index (χ3v) is 4.02. The van der Waals surface area contributed by atoms with Crippen LogP contribution in [0.2, 0.25) is 0 Å². The van der Waals surface area contributed by atoms with Gasteiger partial charge in [0.2, 0.25) is 15.4 Å². The summed E-state index contributed by atoms with van der Waals surface area (Å²) in [6, 6.07) is 5.95. The SMILES string of the molecule is CCOC(=O)N(C)S(=O)(=O)Cc1ccc([N+]#N)cc1.[Cl-]. The van der Waals surface area contributed by atoms with Crippen LogP contribution in [0.3, 0.4) is 0 Å². The van der Waals surface area contributed by atoms with Crippen molar-refractivity contribution in [1.29, 1.82) is 5.39 Å². The van der Waals surface area contributed by atoms with Crippen LogP contribution in [0.5, 0.6) is 0 Å². The van der Waals surface area contributed by atoms with Crippen LogP contribution in [-0.2, 0) is 20.5 Å². The second kappa shape index (κ2) is 7.67. The lowest BCUT2D eigenvalue weighted by Crippen LogP contribution is -3.00. The molecule has 0 saturated heterocycles. The summed E-state index contributed by atoms with van der Waals surface area (Å²) in [7, 11) is -2.65. The molecule has 0 radical (unpaired) electrons. The van der Waals surface area contributed by atoms with E-state index in [0.29, 0.717) is 15.6 Å². The van der Waals surface area contributed by atoms with Crippen molar-refractivity contribution in [2.24, 2.45) is 0 Å². The van der Waals surface area contributed by atoms with Gasteiger partial charge in [-0.05, 0) is 24.6 Å².